The molecule has 3 atom stereocenters. The number of hydrogen-bond acceptors (Lipinski definition) is 3. The Hall–Kier alpha value is -0.810. The predicted molar refractivity (Wildman–Crippen MR) is 86.5 cm³/mol. The quantitative estimate of drug-likeness (QED) is 0.860. The second-order valence-corrected chi connectivity index (χ2v) is 6.91. The summed E-state index contributed by atoms with van der Waals surface area (Å²) in [5.41, 5.74) is 0. The van der Waals surface area contributed by atoms with Crippen molar-refractivity contribution in [2.75, 3.05) is 39.8 Å². The van der Waals surface area contributed by atoms with E-state index in [1.165, 1.54) is 6.42 Å². The first-order valence-corrected chi connectivity index (χ1v) is 8.47. The molecule has 0 aromatic heterocycles. The van der Waals surface area contributed by atoms with E-state index in [0.29, 0.717) is 18.1 Å². The molecule has 2 heterocycles. The third-order valence-electron chi connectivity index (χ3n) is 5.14. The summed E-state index contributed by atoms with van der Waals surface area (Å²) < 4.78 is 0. The zero-order valence-electron chi connectivity index (χ0n) is 14.1. The molecule has 0 aromatic rings. The van der Waals surface area contributed by atoms with Crippen LogP contribution in [0.1, 0.15) is 40.0 Å². The van der Waals surface area contributed by atoms with Gasteiger partial charge in [-0.05, 0) is 47.1 Å². The highest BCUT2D eigenvalue weighted by molar-refractivity contribution is 5.75. The van der Waals surface area contributed by atoms with Crippen LogP contribution in [0.25, 0.3) is 0 Å². The second-order valence-electron chi connectivity index (χ2n) is 6.91. The lowest BCUT2D eigenvalue weighted by Gasteiger charge is -2.40. The summed E-state index contributed by atoms with van der Waals surface area (Å²) in [5, 5.41) is 3.15. The second kappa shape index (κ2) is 7.45. The largest absolute Gasteiger partial charge is 0.336 e. The molecule has 3 unspecified atom stereocenters. The van der Waals surface area contributed by atoms with Crippen molar-refractivity contribution < 1.29 is 4.79 Å². The zero-order chi connectivity index (χ0) is 15.4. The molecule has 0 radical (unpaired) electrons. The number of likely N-dealkylation sites (tertiary alicyclic amines) is 1. The van der Waals surface area contributed by atoms with E-state index >= 15 is 0 Å². The standard InChI is InChI=1S/C16H32N4O/c1-13-6-5-7-14(2)20(13)16(21)17-12-15(3)19-10-8-18(4)9-11-19/h13-15H,5-12H2,1-4H3,(H,17,21). The first kappa shape index (κ1) is 16.6. The van der Waals surface area contributed by atoms with Crippen molar-refractivity contribution in [2.24, 2.45) is 0 Å². The van der Waals surface area contributed by atoms with Crippen molar-refractivity contribution in [1.82, 2.24) is 20.0 Å². The summed E-state index contributed by atoms with van der Waals surface area (Å²) in [7, 11) is 2.17. The maximum Gasteiger partial charge on any atom is 0.317 e. The van der Waals surface area contributed by atoms with Gasteiger partial charge in [0, 0.05) is 50.8 Å². The minimum absolute atomic E-state index is 0.121. The Labute approximate surface area is 129 Å². The number of piperazine rings is 1. The van der Waals surface area contributed by atoms with Crippen LogP contribution in [-0.4, -0.2) is 78.6 Å². The van der Waals surface area contributed by atoms with Gasteiger partial charge in [-0.15, -0.1) is 0 Å². The number of carbonyl (C=O) groups is 1. The lowest BCUT2D eigenvalue weighted by atomic mass is 9.98. The van der Waals surface area contributed by atoms with Crippen LogP contribution >= 0.6 is 0 Å². The fraction of sp³-hybridized carbons (Fsp3) is 0.938. The van der Waals surface area contributed by atoms with E-state index in [4.69, 9.17) is 0 Å². The van der Waals surface area contributed by atoms with Crippen molar-refractivity contribution in [3.05, 3.63) is 0 Å². The van der Waals surface area contributed by atoms with Crippen LogP contribution in [0, 0.1) is 0 Å². The van der Waals surface area contributed by atoms with Gasteiger partial charge in [-0.1, -0.05) is 0 Å². The summed E-state index contributed by atoms with van der Waals surface area (Å²) in [5.74, 6) is 0. The molecule has 2 fully saturated rings. The highest BCUT2D eigenvalue weighted by Gasteiger charge is 2.29. The number of hydrogen-bond donors (Lipinski definition) is 1. The van der Waals surface area contributed by atoms with Crippen molar-refractivity contribution in [2.45, 2.75) is 58.2 Å². The van der Waals surface area contributed by atoms with Gasteiger partial charge >= 0.3 is 6.03 Å². The highest BCUT2D eigenvalue weighted by Crippen LogP contribution is 2.22. The third kappa shape index (κ3) is 4.33. The Morgan fingerprint density at radius 1 is 1.14 bits per heavy atom. The van der Waals surface area contributed by atoms with Crippen LogP contribution < -0.4 is 5.32 Å². The first-order chi connectivity index (χ1) is 9.99. The van der Waals surface area contributed by atoms with Gasteiger partial charge in [0.05, 0.1) is 0 Å². The molecule has 2 amide bonds. The first-order valence-electron chi connectivity index (χ1n) is 8.47. The Morgan fingerprint density at radius 2 is 1.71 bits per heavy atom. The van der Waals surface area contributed by atoms with E-state index in [0.717, 1.165) is 45.6 Å². The normalized spacial score (nSPS) is 30.2. The fourth-order valence-electron chi connectivity index (χ4n) is 3.54. The Kier molecular flexibility index (Phi) is 5.88. The summed E-state index contributed by atoms with van der Waals surface area (Å²) >= 11 is 0. The molecule has 0 spiro atoms. The van der Waals surface area contributed by atoms with Crippen molar-refractivity contribution in [1.29, 1.82) is 0 Å². The van der Waals surface area contributed by atoms with E-state index in [-0.39, 0.29) is 6.03 Å². The molecule has 2 aliphatic heterocycles. The molecule has 2 aliphatic rings. The van der Waals surface area contributed by atoms with E-state index in [1.54, 1.807) is 0 Å². The minimum atomic E-state index is 0.121. The van der Waals surface area contributed by atoms with Gasteiger partial charge in [-0.25, -0.2) is 4.79 Å². The Balaban J connectivity index is 1.77. The topological polar surface area (TPSA) is 38.8 Å². The number of amides is 2. The van der Waals surface area contributed by atoms with Gasteiger partial charge in [-0.3, -0.25) is 4.90 Å². The highest BCUT2D eigenvalue weighted by atomic mass is 16.2. The number of nitrogens with zero attached hydrogens (tertiary/aromatic N) is 3. The van der Waals surface area contributed by atoms with Crippen LogP contribution in [0.3, 0.4) is 0 Å². The van der Waals surface area contributed by atoms with Gasteiger partial charge in [-0.2, -0.15) is 0 Å². The molecule has 1 N–H and O–H groups in total. The molecule has 0 bridgehead atoms. The van der Waals surface area contributed by atoms with Crippen LogP contribution in [0.15, 0.2) is 0 Å². The smallest absolute Gasteiger partial charge is 0.317 e. The maximum atomic E-state index is 12.4. The molecule has 21 heavy (non-hydrogen) atoms. The third-order valence-corrected chi connectivity index (χ3v) is 5.14. The number of urea groups is 1. The molecule has 0 aromatic carbocycles. The van der Waals surface area contributed by atoms with Gasteiger partial charge in [0.1, 0.15) is 0 Å². The molecular formula is C16H32N4O. The van der Waals surface area contributed by atoms with E-state index in [9.17, 15) is 4.79 Å². The van der Waals surface area contributed by atoms with Crippen LogP contribution in [-0.2, 0) is 0 Å². The number of likely N-dealkylation sites (N-methyl/N-ethyl adjacent to an activating group) is 1. The van der Waals surface area contributed by atoms with Gasteiger partial charge in [0.25, 0.3) is 0 Å². The zero-order valence-corrected chi connectivity index (χ0v) is 14.1. The van der Waals surface area contributed by atoms with Gasteiger partial charge in [0.2, 0.25) is 0 Å². The van der Waals surface area contributed by atoms with Crippen LogP contribution in [0.4, 0.5) is 4.79 Å². The lowest BCUT2D eigenvalue weighted by molar-refractivity contribution is 0.106. The Bertz CT molecular complexity index is 331. The minimum Gasteiger partial charge on any atom is -0.336 e. The molecule has 0 saturated carbocycles. The van der Waals surface area contributed by atoms with Crippen molar-refractivity contribution in [3.8, 4) is 0 Å². The molecule has 5 heteroatoms. The average Bonchev–Trinajstić information content (AvgIpc) is 2.45. The molecule has 2 saturated heterocycles. The van der Waals surface area contributed by atoms with Crippen molar-refractivity contribution in [3.63, 3.8) is 0 Å². The SMILES string of the molecule is CC(CNC(=O)N1C(C)CCCC1C)N1CCN(C)CC1. The molecule has 0 aliphatic carbocycles. The summed E-state index contributed by atoms with van der Waals surface area (Å²) in [6.07, 6.45) is 3.50. The number of rotatable bonds is 3. The maximum absolute atomic E-state index is 12.4. The van der Waals surface area contributed by atoms with E-state index in [1.807, 2.05) is 4.90 Å². The fourth-order valence-corrected chi connectivity index (χ4v) is 3.54. The Morgan fingerprint density at radius 3 is 2.29 bits per heavy atom. The number of carbonyl (C=O) groups excluding carboxylic acids is 1. The predicted octanol–water partition coefficient (Wildman–Crippen LogP) is 1.59. The monoisotopic (exact) mass is 296 g/mol. The van der Waals surface area contributed by atoms with Crippen molar-refractivity contribution >= 4 is 6.03 Å². The average molecular weight is 296 g/mol. The molecule has 5 nitrogen and oxygen atoms in total. The molecular weight excluding hydrogens is 264 g/mol. The van der Waals surface area contributed by atoms with Crippen LogP contribution in [0.5, 0.6) is 0 Å². The summed E-state index contributed by atoms with van der Waals surface area (Å²) in [4.78, 5) is 19.3. The van der Waals surface area contributed by atoms with Crippen LogP contribution in [0.2, 0.25) is 0 Å². The number of nitrogens with one attached hydrogen (secondary N) is 1. The molecule has 122 valence electrons. The summed E-state index contributed by atoms with van der Waals surface area (Å²) in [6, 6.07) is 1.27. The summed E-state index contributed by atoms with van der Waals surface area (Å²) in [6.45, 7) is 11.7. The number of piperidine rings is 1. The lowest BCUT2D eigenvalue weighted by Crippen LogP contribution is -2.55. The van der Waals surface area contributed by atoms with E-state index in [2.05, 4.69) is 42.9 Å². The van der Waals surface area contributed by atoms with E-state index < -0.39 is 0 Å². The van der Waals surface area contributed by atoms with Gasteiger partial charge in [0.15, 0.2) is 0 Å². The molecule has 2 rings (SSSR count). The van der Waals surface area contributed by atoms with Gasteiger partial charge < -0.3 is 15.1 Å².